The van der Waals surface area contributed by atoms with Crippen LogP contribution in [0.25, 0.3) is 0 Å². The SMILES string of the molecule is COC(=O)Cc1ccc(F)c([N+](=O)[O-])c1N. The number of nitro groups is 1. The van der Waals surface area contributed by atoms with Gasteiger partial charge in [-0.3, -0.25) is 14.9 Å². The van der Waals surface area contributed by atoms with Crippen molar-refractivity contribution in [3.63, 3.8) is 0 Å². The van der Waals surface area contributed by atoms with Crippen LogP contribution in [0.1, 0.15) is 5.56 Å². The summed E-state index contributed by atoms with van der Waals surface area (Å²) in [6.07, 6.45) is -0.233. The lowest BCUT2D eigenvalue weighted by molar-refractivity contribution is -0.386. The lowest BCUT2D eigenvalue weighted by Gasteiger charge is -2.05. The first-order valence-electron chi connectivity index (χ1n) is 4.25. The van der Waals surface area contributed by atoms with Gasteiger partial charge in [-0.15, -0.1) is 0 Å². The van der Waals surface area contributed by atoms with Gasteiger partial charge in [0.25, 0.3) is 0 Å². The van der Waals surface area contributed by atoms with Crippen LogP contribution >= 0.6 is 0 Å². The molecule has 2 N–H and O–H groups in total. The monoisotopic (exact) mass is 228 g/mol. The first-order valence-corrected chi connectivity index (χ1v) is 4.25. The predicted octanol–water partition coefficient (Wildman–Crippen LogP) is 1.03. The molecule has 1 aromatic carbocycles. The topological polar surface area (TPSA) is 95.5 Å². The number of benzene rings is 1. The van der Waals surface area contributed by atoms with E-state index >= 15 is 0 Å². The summed E-state index contributed by atoms with van der Waals surface area (Å²) in [6, 6.07) is 2.11. The largest absolute Gasteiger partial charge is 0.469 e. The number of carbonyl (C=O) groups is 1. The lowest BCUT2D eigenvalue weighted by atomic mass is 10.1. The molecule has 0 amide bonds. The van der Waals surface area contributed by atoms with Gasteiger partial charge in [-0.1, -0.05) is 6.07 Å². The maximum absolute atomic E-state index is 13.1. The fraction of sp³-hybridized carbons (Fsp3) is 0.222. The third kappa shape index (κ3) is 2.25. The van der Waals surface area contributed by atoms with Gasteiger partial charge in [-0.05, 0) is 11.6 Å². The molecule has 0 aromatic heterocycles. The van der Waals surface area contributed by atoms with Gasteiger partial charge in [-0.25, -0.2) is 0 Å². The van der Waals surface area contributed by atoms with Crippen molar-refractivity contribution in [2.45, 2.75) is 6.42 Å². The van der Waals surface area contributed by atoms with Gasteiger partial charge in [0.1, 0.15) is 5.69 Å². The van der Waals surface area contributed by atoms with Crippen molar-refractivity contribution in [3.05, 3.63) is 33.6 Å². The number of ether oxygens (including phenoxy) is 1. The molecule has 1 aromatic rings. The molecule has 1 rings (SSSR count). The van der Waals surface area contributed by atoms with Crippen molar-refractivity contribution in [2.75, 3.05) is 12.8 Å². The summed E-state index contributed by atoms with van der Waals surface area (Å²) in [7, 11) is 1.18. The van der Waals surface area contributed by atoms with Gasteiger partial charge < -0.3 is 10.5 Å². The molecule has 0 heterocycles. The Bertz CT molecular complexity index is 447. The predicted molar refractivity (Wildman–Crippen MR) is 53.2 cm³/mol. The van der Waals surface area contributed by atoms with E-state index in [4.69, 9.17) is 5.73 Å². The van der Waals surface area contributed by atoms with Crippen LogP contribution in [0.5, 0.6) is 0 Å². The molecular formula is C9H9FN2O4. The molecule has 7 heteroatoms. The minimum atomic E-state index is -1.03. The smallest absolute Gasteiger partial charge is 0.327 e. The molecule has 0 spiro atoms. The van der Waals surface area contributed by atoms with E-state index < -0.39 is 22.4 Å². The van der Waals surface area contributed by atoms with Gasteiger partial charge >= 0.3 is 11.7 Å². The highest BCUT2D eigenvalue weighted by atomic mass is 19.1. The Balaban J connectivity index is 3.18. The zero-order chi connectivity index (χ0) is 12.3. The summed E-state index contributed by atoms with van der Waals surface area (Å²) in [5.41, 5.74) is 4.40. The minimum Gasteiger partial charge on any atom is -0.469 e. The molecule has 0 aliphatic rings. The van der Waals surface area contributed by atoms with Crippen LogP contribution < -0.4 is 5.73 Å². The molecule has 0 bridgehead atoms. The van der Waals surface area contributed by atoms with E-state index in [9.17, 15) is 19.3 Å². The summed E-state index contributed by atoms with van der Waals surface area (Å²) in [5, 5.41) is 10.5. The number of nitrogens with two attached hydrogens (primary N) is 1. The van der Waals surface area contributed by atoms with Gasteiger partial charge in [0.15, 0.2) is 0 Å². The quantitative estimate of drug-likeness (QED) is 0.361. The van der Waals surface area contributed by atoms with Crippen molar-refractivity contribution < 1.29 is 18.8 Å². The van der Waals surface area contributed by atoms with Crippen molar-refractivity contribution in [3.8, 4) is 0 Å². The standard InChI is InChI=1S/C9H9FN2O4/c1-16-7(13)4-5-2-3-6(10)9(8(5)11)12(14)15/h2-3H,4,11H2,1H3. The average Bonchev–Trinajstić information content (AvgIpc) is 2.21. The highest BCUT2D eigenvalue weighted by Crippen LogP contribution is 2.28. The number of methoxy groups -OCH3 is 1. The van der Waals surface area contributed by atoms with E-state index in [1.807, 2.05) is 0 Å². The number of anilines is 1. The number of nitrogens with zero attached hydrogens (tertiary/aromatic N) is 1. The van der Waals surface area contributed by atoms with Crippen LogP contribution in [0.15, 0.2) is 12.1 Å². The number of esters is 1. The first kappa shape index (κ1) is 11.9. The van der Waals surface area contributed by atoms with Crippen LogP contribution in [0, 0.1) is 15.9 Å². The summed E-state index contributed by atoms with van der Waals surface area (Å²) in [4.78, 5) is 20.6. The van der Waals surface area contributed by atoms with Crippen LogP contribution in [0.2, 0.25) is 0 Å². The molecule has 0 atom stereocenters. The maximum Gasteiger partial charge on any atom is 0.327 e. The molecule has 16 heavy (non-hydrogen) atoms. The molecular weight excluding hydrogens is 219 g/mol. The van der Waals surface area contributed by atoms with Crippen molar-refractivity contribution in [1.82, 2.24) is 0 Å². The summed E-state index contributed by atoms with van der Waals surface area (Å²) < 4.78 is 17.4. The Morgan fingerprint density at radius 2 is 2.25 bits per heavy atom. The summed E-state index contributed by atoms with van der Waals surface area (Å²) >= 11 is 0. The van der Waals surface area contributed by atoms with E-state index in [0.717, 1.165) is 6.07 Å². The molecule has 0 radical (unpaired) electrons. The Morgan fingerprint density at radius 1 is 1.62 bits per heavy atom. The molecule has 0 fully saturated rings. The molecule has 0 saturated carbocycles. The number of nitro benzene ring substituents is 1. The molecule has 86 valence electrons. The second kappa shape index (κ2) is 4.56. The molecule has 0 saturated heterocycles. The fourth-order valence-corrected chi connectivity index (χ4v) is 1.19. The lowest BCUT2D eigenvalue weighted by Crippen LogP contribution is -2.09. The van der Waals surface area contributed by atoms with Gasteiger partial charge in [0, 0.05) is 0 Å². The number of rotatable bonds is 3. The number of carbonyl (C=O) groups excluding carboxylic acids is 1. The second-order valence-electron chi connectivity index (χ2n) is 2.98. The maximum atomic E-state index is 13.1. The van der Waals surface area contributed by atoms with E-state index in [1.165, 1.54) is 13.2 Å². The zero-order valence-electron chi connectivity index (χ0n) is 8.40. The zero-order valence-corrected chi connectivity index (χ0v) is 8.40. The average molecular weight is 228 g/mol. The highest BCUT2D eigenvalue weighted by molar-refractivity contribution is 5.77. The summed E-state index contributed by atoms with van der Waals surface area (Å²) in [5.74, 6) is -1.64. The van der Waals surface area contributed by atoms with Crippen LogP contribution in [-0.2, 0) is 16.0 Å². The third-order valence-electron chi connectivity index (χ3n) is 2.00. The van der Waals surface area contributed by atoms with E-state index in [2.05, 4.69) is 4.74 Å². The Hall–Kier alpha value is -2.18. The molecule has 0 aliphatic heterocycles. The molecule has 0 aliphatic carbocycles. The van der Waals surface area contributed by atoms with Gasteiger partial charge in [-0.2, -0.15) is 4.39 Å². The Labute approximate surface area is 90.0 Å². The highest BCUT2D eigenvalue weighted by Gasteiger charge is 2.22. The number of halogens is 1. The van der Waals surface area contributed by atoms with Gasteiger partial charge in [0.05, 0.1) is 18.5 Å². The van der Waals surface area contributed by atoms with Crippen molar-refractivity contribution in [2.24, 2.45) is 0 Å². The van der Waals surface area contributed by atoms with Crippen molar-refractivity contribution >= 4 is 17.3 Å². The minimum absolute atomic E-state index is 0.167. The number of nitrogen functional groups attached to an aromatic ring is 1. The molecule has 6 nitrogen and oxygen atoms in total. The van der Waals surface area contributed by atoms with Crippen molar-refractivity contribution in [1.29, 1.82) is 0 Å². The van der Waals surface area contributed by atoms with Crippen LogP contribution in [0.4, 0.5) is 15.8 Å². The van der Waals surface area contributed by atoms with E-state index in [-0.39, 0.29) is 17.7 Å². The first-order chi connectivity index (χ1) is 7.47. The van der Waals surface area contributed by atoms with E-state index in [0.29, 0.717) is 0 Å². The van der Waals surface area contributed by atoms with Gasteiger partial charge in [0.2, 0.25) is 5.82 Å². The Morgan fingerprint density at radius 3 is 2.75 bits per heavy atom. The fourth-order valence-electron chi connectivity index (χ4n) is 1.19. The molecule has 0 unspecified atom stereocenters. The normalized spacial score (nSPS) is 9.88. The van der Waals surface area contributed by atoms with Crippen LogP contribution in [0.3, 0.4) is 0 Å². The third-order valence-corrected chi connectivity index (χ3v) is 2.00. The Kier molecular flexibility index (Phi) is 3.39. The van der Waals surface area contributed by atoms with E-state index in [1.54, 1.807) is 0 Å². The second-order valence-corrected chi connectivity index (χ2v) is 2.98. The summed E-state index contributed by atoms with van der Waals surface area (Å²) in [6.45, 7) is 0. The number of hydrogen-bond acceptors (Lipinski definition) is 5. The number of hydrogen-bond donors (Lipinski definition) is 1. The van der Waals surface area contributed by atoms with Crippen LogP contribution in [-0.4, -0.2) is 18.0 Å².